The Labute approximate surface area is 165 Å². The zero-order valence-electron chi connectivity index (χ0n) is 15.4. The van der Waals surface area contributed by atoms with E-state index in [4.69, 9.17) is 5.73 Å². The summed E-state index contributed by atoms with van der Waals surface area (Å²) in [6, 6.07) is 12.0. The van der Waals surface area contributed by atoms with E-state index in [2.05, 4.69) is 20.4 Å². The number of hydrogen-bond donors (Lipinski definition) is 2. The molecular formula is C21H18F2N6. The minimum atomic E-state index is -0.369. The predicted octanol–water partition coefficient (Wildman–Crippen LogP) is 4.16. The Bertz CT molecular complexity index is 1200. The smallest absolute Gasteiger partial charge is 0.225 e. The first-order valence-electron chi connectivity index (χ1n) is 9.40. The first kappa shape index (κ1) is 17.5. The molecule has 0 spiro atoms. The van der Waals surface area contributed by atoms with Gasteiger partial charge in [-0.25, -0.2) is 18.4 Å². The monoisotopic (exact) mass is 392 g/mol. The van der Waals surface area contributed by atoms with Gasteiger partial charge < -0.3 is 11.1 Å². The van der Waals surface area contributed by atoms with Crippen LogP contribution >= 0.6 is 0 Å². The number of aromatic nitrogens is 4. The maximum Gasteiger partial charge on any atom is 0.225 e. The van der Waals surface area contributed by atoms with Crippen LogP contribution in [-0.2, 0) is 0 Å². The van der Waals surface area contributed by atoms with Crippen molar-refractivity contribution in [3.05, 3.63) is 60.2 Å². The molecule has 8 heteroatoms. The summed E-state index contributed by atoms with van der Waals surface area (Å²) >= 11 is 0. The van der Waals surface area contributed by atoms with Crippen LogP contribution in [0.1, 0.15) is 12.8 Å². The standard InChI is InChI=1S/C21H18F2N6/c22-14-6-8-16(9-7-14)29-19(24)17-18(13-2-1-3-15(23)10-13)26-21(27-20(17)28-29)25-11-12-4-5-12/h1-3,6-10,12H,4-5,11,24H2,(H,25,27,28). The molecule has 0 amide bonds. The quantitative estimate of drug-likeness (QED) is 0.533. The third-order valence-electron chi connectivity index (χ3n) is 4.98. The van der Waals surface area contributed by atoms with Crippen molar-refractivity contribution in [2.24, 2.45) is 5.92 Å². The number of nitrogen functional groups attached to an aromatic ring is 1. The highest BCUT2D eigenvalue weighted by atomic mass is 19.1. The Morgan fingerprint density at radius 2 is 1.83 bits per heavy atom. The molecule has 1 aliphatic carbocycles. The van der Waals surface area contributed by atoms with Gasteiger partial charge in [0, 0.05) is 12.1 Å². The highest BCUT2D eigenvalue weighted by molar-refractivity contribution is 5.99. The number of halogens is 2. The first-order valence-corrected chi connectivity index (χ1v) is 9.40. The van der Waals surface area contributed by atoms with E-state index in [0.717, 1.165) is 6.54 Å². The molecule has 4 aromatic rings. The van der Waals surface area contributed by atoms with E-state index in [1.165, 1.54) is 41.8 Å². The minimum absolute atomic E-state index is 0.305. The van der Waals surface area contributed by atoms with E-state index in [1.54, 1.807) is 24.3 Å². The summed E-state index contributed by atoms with van der Waals surface area (Å²) < 4.78 is 28.7. The number of nitrogens with two attached hydrogens (primary N) is 1. The van der Waals surface area contributed by atoms with Gasteiger partial charge in [0.25, 0.3) is 0 Å². The van der Waals surface area contributed by atoms with Gasteiger partial charge >= 0.3 is 0 Å². The topological polar surface area (TPSA) is 81.7 Å². The van der Waals surface area contributed by atoms with Crippen molar-refractivity contribution in [1.82, 2.24) is 19.7 Å². The number of nitrogens with one attached hydrogen (secondary N) is 1. The van der Waals surface area contributed by atoms with E-state index in [0.29, 0.717) is 45.7 Å². The predicted molar refractivity (Wildman–Crippen MR) is 108 cm³/mol. The number of fused-ring (bicyclic) bond motifs is 1. The summed E-state index contributed by atoms with van der Waals surface area (Å²) in [7, 11) is 0. The molecule has 0 unspecified atom stereocenters. The lowest BCUT2D eigenvalue weighted by atomic mass is 10.1. The maximum absolute atomic E-state index is 13.9. The zero-order valence-corrected chi connectivity index (χ0v) is 15.4. The third-order valence-corrected chi connectivity index (χ3v) is 4.98. The van der Waals surface area contributed by atoms with Crippen LogP contribution in [0.2, 0.25) is 0 Å². The highest BCUT2D eigenvalue weighted by Crippen LogP contribution is 2.34. The molecule has 5 rings (SSSR count). The van der Waals surface area contributed by atoms with Gasteiger partial charge in [-0.3, -0.25) is 0 Å². The van der Waals surface area contributed by atoms with Gasteiger partial charge in [-0.15, -0.1) is 5.10 Å². The van der Waals surface area contributed by atoms with Gasteiger partial charge in [-0.05, 0) is 55.2 Å². The van der Waals surface area contributed by atoms with Gasteiger partial charge in [0.1, 0.15) is 17.5 Å². The van der Waals surface area contributed by atoms with Crippen LogP contribution in [-0.4, -0.2) is 26.3 Å². The van der Waals surface area contributed by atoms with Crippen molar-refractivity contribution in [3.63, 3.8) is 0 Å². The van der Waals surface area contributed by atoms with Crippen LogP contribution in [0.15, 0.2) is 48.5 Å². The lowest BCUT2D eigenvalue weighted by Crippen LogP contribution is -2.07. The second-order valence-corrected chi connectivity index (χ2v) is 7.20. The van der Waals surface area contributed by atoms with Crippen molar-refractivity contribution in [2.45, 2.75) is 12.8 Å². The normalized spacial score (nSPS) is 13.7. The van der Waals surface area contributed by atoms with Gasteiger partial charge in [0.2, 0.25) is 5.95 Å². The molecule has 0 atom stereocenters. The van der Waals surface area contributed by atoms with E-state index >= 15 is 0 Å². The van der Waals surface area contributed by atoms with Crippen molar-refractivity contribution in [2.75, 3.05) is 17.6 Å². The molecule has 2 heterocycles. The van der Waals surface area contributed by atoms with E-state index in [9.17, 15) is 8.78 Å². The summed E-state index contributed by atoms with van der Waals surface area (Å²) in [5.41, 5.74) is 8.44. The minimum Gasteiger partial charge on any atom is -0.383 e. The van der Waals surface area contributed by atoms with Crippen LogP contribution in [0, 0.1) is 17.6 Å². The Kier molecular flexibility index (Phi) is 4.12. The number of anilines is 2. The lowest BCUT2D eigenvalue weighted by Gasteiger charge is -2.08. The van der Waals surface area contributed by atoms with Gasteiger partial charge in [-0.1, -0.05) is 12.1 Å². The average molecular weight is 392 g/mol. The summed E-state index contributed by atoms with van der Waals surface area (Å²) in [5, 5.41) is 8.28. The number of rotatable bonds is 5. The summed E-state index contributed by atoms with van der Waals surface area (Å²) in [6.45, 7) is 0.780. The van der Waals surface area contributed by atoms with Gasteiger partial charge in [0.05, 0.1) is 16.8 Å². The van der Waals surface area contributed by atoms with Gasteiger partial charge in [0.15, 0.2) is 5.65 Å². The van der Waals surface area contributed by atoms with E-state index in [1.807, 2.05) is 0 Å². The summed E-state index contributed by atoms with van der Waals surface area (Å²) in [4.78, 5) is 9.12. The molecular weight excluding hydrogens is 374 g/mol. The highest BCUT2D eigenvalue weighted by Gasteiger charge is 2.23. The SMILES string of the molecule is Nc1c2c(-c3cccc(F)c3)nc(NCC3CC3)nc2nn1-c1ccc(F)cc1. The molecule has 0 bridgehead atoms. The molecule has 0 radical (unpaired) electrons. The molecule has 146 valence electrons. The molecule has 0 saturated heterocycles. The summed E-state index contributed by atoms with van der Waals surface area (Å²) in [5.74, 6) is 0.642. The zero-order chi connectivity index (χ0) is 20.0. The molecule has 0 aliphatic heterocycles. The van der Waals surface area contributed by atoms with Crippen LogP contribution in [0.25, 0.3) is 28.0 Å². The Morgan fingerprint density at radius 1 is 1.03 bits per heavy atom. The number of benzene rings is 2. The van der Waals surface area contributed by atoms with Crippen LogP contribution < -0.4 is 11.1 Å². The number of nitrogens with zero attached hydrogens (tertiary/aromatic N) is 4. The van der Waals surface area contributed by atoms with E-state index < -0.39 is 0 Å². The molecule has 1 fully saturated rings. The van der Waals surface area contributed by atoms with Crippen LogP contribution in [0.4, 0.5) is 20.5 Å². The second-order valence-electron chi connectivity index (χ2n) is 7.20. The number of hydrogen-bond acceptors (Lipinski definition) is 5. The Hall–Kier alpha value is -3.55. The maximum atomic E-state index is 13.9. The molecule has 1 aliphatic rings. The lowest BCUT2D eigenvalue weighted by molar-refractivity contribution is 0.627. The molecule has 2 aromatic carbocycles. The molecule has 6 nitrogen and oxygen atoms in total. The second kappa shape index (κ2) is 6.80. The van der Waals surface area contributed by atoms with Gasteiger partial charge in [-0.2, -0.15) is 4.98 Å². The van der Waals surface area contributed by atoms with E-state index in [-0.39, 0.29) is 11.6 Å². The third kappa shape index (κ3) is 3.37. The fraction of sp³-hybridized carbons (Fsp3) is 0.190. The average Bonchev–Trinajstić information content (AvgIpc) is 3.49. The Balaban J connectivity index is 1.69. The van der Waals surface area contributed by atoms with Crippen molar-refractivity contribution in [1.29, 1.82) is 0 Å². The fourth-order valence-electron chi connectivity index (χ4n) is 3.27. The molecule has 3 N–H and O–H groups in total. The molecule has 2 aromatic heterocycles. The molecule has 1 saturated carbocycles. The largest absolute Gasteiger partial charge is 0.383 e. The van der Waals surface area contributed by atoms with Crippen molar-refractivity contribution >= 4 is 22.8 Å². The fourth-order valence-corrected chi connectivity index (χ4v) is 3.27. The van der Waals surface area contributed by atoms with Crippen LogP contribution in [0.5, 0.6) is 0 Å². The van der Waals surface area contributed by atoms with Crippen molar-refractivity contribution < 1.29 is 8.78 Å². The Morgan fingerprint density at radius 3 is 2.55 bits per heavy atom. The van der Waals surface area contributed by atoms with Crippen molar-refractivity contribution in [3.8, 4) is 16.9 Å². The summed E-state index contributed by atoms with van der Waals surface area (Å²) in [6.07, 6.45) is 2.39. The molecule has 29 heavy (non-hydrogen) atoms. The van der Waals surface area contributed by atoms with Crippen LogP contribution in [0.3, 0.4) is 0 Å². The first-order chi connectivity index (χ1) is 14.1.